The minimum atomic E-state index is 0.396. The second-order valence-electron chi connectivity index (χ2n) is 3.60. The summed E-state index contributed by atoms with van der Waals surface area (Å²) < 4.78 is 0. The Labute approximate surface area is 77.8 Å². The van der Waals surface area contributed by atoms with E-state index in [2.05, 4.69) is 16.0 Å². The van der Waals surface area contributed by atoms with E-state index in [1.165, 1.54) is 31.4 Å². The van der Waals surface area contributed by atoms with E-state index in [-0.39, 0.29) is 0 Å². The topological polar surface area (TPSA) is 52.5 Å². The average molecular weight is 175 g/mol. The van der Waals surface area contributed by atoms with Gasteiger partial charge in [-0.1, -0.05) is 12.8 Å². The quantitative estimate of drug-likeness (QED) is 0.748. The Morgan fingerprint density at radius 1 is 1.54 bits per heavy atom. The summed E-state index contributed by atoms with van der Waals surface area (Å²) in [5.74, 6) is 1.48. The molecule has 13 heavy (non-hydrogen) atoms. The van der Waals surface area contributed by atoms with Crippen molar-refractivity contribution in [3.05, 3.63) is 17.7 Å². The zero-order valence-electron chi connectivity index (χ0n) is 7.58. The Bertz CT molecular complexity index is 315. The van der Waals surface area contributed by atoms with Crippen molar-refractivity contribution >= 4 is 0 Å². The fourth-order valence-corrected chi connectivity index (χ4v) is 1.99. The van der Waals surface area contributed by atoms with Crippen molar-refractivity contribution < 1.29 is 0 Å². The molecule has 1 aromatic heterocycles. The summed E-state index contributed by atoms with van der Waals surface area (Å²) in [6.45, 7) is 0. The first-order valence-electron chi connectivity index (χ1n) is 4.81. The largest absolute Gasteiger partial charge is 0.345 e. The Kier molecular flexibility index (Phi) is 2.31. The molecule has 68 valence electrons. The fraction of sp³-hybridized carbons (Fsp3) is 0.600. The molecule has 1 aliphatic carbocycles. The summed E-state index contributed by atoms with van der Waals surface area (Å²) in [5.41, 5.74) is 1.22. The highest BCUT2D eigenvalue weighted by atomic mass is 14.9. The number of nitrogens with zero attached hydrogens (tertiary/aromatic N) is 2. The zero-order chi connectivity index (χ0) is 9.10. The van der Waals surface area contributed by atoms with E-state index in [9.17, 15) is 0 Å². The molecule has 1 aromatic rings. The van der Waals surface area contributed by atoms with E-state index in [0.717, 1.165) is 5.82 Å². The lowest BCUT2D eigenvalue weighted by Crippen LogP contribution is -1.92. The minimum Gasteiger partial charge on any atom is -0.345 e. The first-order chi connectivity index (χ1) is 6.40. The van der Waals surface area contributed by atoms with Crippen LogP contribution in [0.4, 0.5) is 0 Å². The van der Waals surface area contributed by atoms with Crippen LogP contribution >= 0.6 is 0 Å². The van der Waals surface area contributed by atoms with Crippen LogP contribution in [0.15, 0.2) is 6.20 Å². The van der Waals surface area contributed by atoms with Gasteiger partial charge in [0.15, 0.2) is 0 Å². The molecule has 1 N–H and O–H groups in total. The van der Waals surface area contributed by atoms with Crippen LogP contribution in [0, 0.1) is 11.3 Å². The molecule has 0 amide bonds. The summed E-state index contributed by atoms with van der Waals surface area (Å²) in [5, 5.41) is 8.48. The minimum absolute atomic E-state index is 0.396. The van der Waals surface area contributed by atoms with Crippen LogP contribution in [0.5, 0.6) is 0 Å². The van der Waals surface area contributed by atoms with E-state index in [0.29, 0.717) is 12.3 Å². The highest BCUT2D eigenvalue weighted by molar-refractivity contribution is 5.10. The molecule has 1 heterocycles. The van der Waals surface area contributed by atoms with E-state index < -0.39 is 0 Å². The number of H-pyrrole nitrogens is 1. The molecule has 3 heteroatoms. The lowest BCUT2D eigenvalue weighted by atomic mass is 10.1. The molecule has 0 atom stereocenters. The van der Waals surface area contributed by atoms with Gasteiger partial charge in [0.2, 0.25) is 0 Å². The van der Waals surface area contributed by atoms with Crippen molar-refractivity contribution in [3.8, 4) is 6.07 Å². The summed E-state index contributed by atoms with van der Waals surface area (Å²) in [7, 11) is 0. The molecule has 0 aliphatic heterocycles. The number of hydrogen-bond donors (Lipinski definition) is 1. The summed E-state index contributed by atoms with van der Waals surface area (Å²) in [4.78, 5) is 7.39. The molecular weight excluding hydrogens is 162 g/mol. The van der Waals surface area contributed by atoms with Gasteiger partial charge in [0.05, 0.1) is 12.5 Å². The normalized spacial score (nSPS) is 17.5. The van der Waals surface area contributed by atoms with Crippen LogP contribution < -0.4 is 0 Å². The van der Waals surface area contributed by atoms with Gasteiger partial charge >= 0.3 is 0 Å². The number of aromatic nitrogens is 2. The fourth-order valence-electron chi connectivity index (χ4n) is 1.99. The van der Waals surface area contributed by atoms with Crippen molar-refractivity contribution in [2.45, 2.75) is 38.0 Å². The number of imidazole rings is 1. The van der Waals surface area contributed by atoms with Crippen LogP contribution in [-0.2, 0) is 6.42 Å². The molecule has 0 radical (unpaired) electrons. The van der Waals surface area contributed by atoms with Gasteiger partial charge in [0.25, 0.3) is 0 Å². The molecule has 2 rings (SSSR count). The van der Waals surface area contributed by atoms with E-state index in [4.69, 9.17) is 5.26 Å². The van der Waals surface area contributed by atoms with E-state index in [1.807, 2.05) is 6.20 Å². The van der Waals surface area contributed by atoms with Gasteiger partial charge in [0, 0.05) is 17.8 Å². The zero-order valence-corrected chi connectivity index (χ0v) is 7.58. The highest BCUT2D eigenvalue weighted by Gasteiger charge is 2.18. The number of nitrogens with one attached hydrogen (secondary N) is 1. The molecule has 0 aromatic carbocycles. The van der Waals surface area contributed by atoms with Gasteiger partial charge in [-0.25, -0.2) is 4.98 Å². The maximum absolute atomic E-state index is 8.48. The van der Waals surface area contributed by atoms with Crippen LogP contribution in [0.1, 0.15) is 43.1 Å². The predicted molar refractivity (Wildman–Crippen MR) is 49.1 cm³/mol. The molecule has 0 unspecified atom stereocenters. The smallest absolute Gasteiger partial charge is 0.120 e. The highest BCUT2D eigenvalue weighted by Crippen LogP contribution is 2.32. The van der Waals surface area contributed by atoms with E-state index in [1.54, 1.807) is 0 Å². The predicted octanol–water partition coefficient (Wildman–Crippen LogP) is 2.13. The number of aromatic amines is 1. The van der Waals surface area contributed by atoms with Gasteiger partial charge in [-0.2, -0.15) is 5.26 Å². The summed E-state index contributed by atoms with van der Waals surface area (Å²) in [6, 6.07) is 2.09. The maximum atomic E-state index is 8.48. The van der Waals surface area contributed by atoms with Crippen molar-refractivity contribution in [1.29, 1.82) is 5.26 Å². The first kappa shape index (κ1) is 8.31. The van der Waals surface area contributed by atoms with Gasteiger partial charge in [-0.15, -0.1) is 0 Å². The molecule has 1 aliphatic rings. The SMILES string of the molecule is N#CCc1ncc(C2CCCC2)[nH]1. The van der Waals surface area contributed by atoms with Crippen molar-refractivity contribution in [2.24, 2.45) is 0 Å². The average Bonchev–Trinajstić information content (AvgIpc) is 2.70. The van der Waals surface area contributed by atoms with Crippen LogP contribution in [0.2, 0.25) is 0 Å². The Morgan fingerprint density at radius 3 is 3.00 bits per heavy atom. The molecular formula is C10H13N3. The second-order valence-corrected chi connectivity index (χ2v) is 3.60. The van der Waals surface area contributed by atoms with Crippen LogP contribution in [0.25, 0.3) is 0 Å². The van der Waals surface area contributed by atoms with Gasteiger partial charge < -0.3 is 4.98 Å². The summed E-state index contributed by atoms with van der Waals surface area (Å²) >= 11 is 0. The first-order valence-corrected chi connectivity index (χ1v) is 4.81. The standard InChI is InChI=1S/C10H13N3/c11-6-5-10-12-7-9(13-10)8-3-1-2-4-8/h7-8H,1-5H2,(H,12,13). The number of nitriles is 1. The molecule has 0 bridgehead atoms. The van der Waals surface area contributed by atoms with Crippen molar-refractivity contribution in [1.82, 2.24) is 9.97 Å². The van der Waals surface area contributed by atoms with Gasteiger partial charge in [0.1, 0.15) is 5.82 Å². The number of hydrogen-bond acceptors (Lipinski definition) is 2. The van der Waals surface area contributed by atoms with Crippen molar-refractivity contribution in [2.75, 3.05) is 0 Å². The van der Waals surface area contributed by atoms with E-state index >= 15 is 0 Å². The molecule has 1 fully saturated rings. The van der Waals surface area contributed by atoms with Crippen LogP contribution in [-0.4, -0.2) is 9.97 Å². The Balaban J connectivity index is 2.08. The Hall–Kier alpha value is -1.30. The lowest BCUT2D eigenvalue weighted by molar-refractivity contribution is 0.700. The second kappa shape index (κ2) is 3.61. The third-order valence-electron chi connectivity index (χ3n) is 2.69. The monoisotopic (exact) mass is 175 g/mol. The number of rotatable bonds is 2. The molecule has 0 saturated heterocycles. The van der Waals surface area contributed by atoms with Gasteiger partial charge in [-0.05, 0) is 12.8 Å². The molecule has 0 spiro atoms. The third-order valence-corrected chi connectivity index (χ3v) is 2.69. The van der Waals surface area contributed by atoms with Crippen LogP contribution in [0.3, 0.4) is 0 Å². The lowest BCUT2D eigenvalue weighted by Gasteiger charge is -2.03. The Morgan fingerprint density at radius 2 is 2.31 bits per heavy atom. The molecule has 3 nitrogen and oxygen atoms in total. The summed E-state index contributed by atoms with van der Waals surface area (Å²) in [6.07, 6.45) is 7.49. The maximum Gasteiger partial charge on any atom is 0.120 e. The molecule has 1 saturated carbocycles. The third kappa shape index (κ3) is 1.72. The van der Waals surface area contributed by atoms with Gasteiger partial charge in [-0.3, -0.25) is 0 Å². The van der Waals surface area contributed by atoms with Crippen molar-refractivity contribution in [3.63, 3.8) is 0 Å².